The van der Waals surface area contributed by atoms with Crippen molar-refractivity contribution in [1.29, 1.82) is 0 Å². The van der Waals surface area contributed by atoms with Gasteiger partial charge in [-0.15, -0.1) is 0 Å². The lowest BCUT2D eigenvalue weighted by Gasteiger charge is -2.07. The molecular formula is C18H21N3. The van der Waals surface area contributed by atoms with E-state index in [4.69, 9.17) is 0 Å². The van der Waals surface area contributed by atoms with Crippen LogP contribution in [-0.4, -0.2) is 16.1 Å². The lowest BCUT2D eigenvalue weighted by molar-refractivity contribution is 0.727. The molecule has 3 nitrogen and oxygen atoms in total. The Kier molecular flexibility index (Phi) is 4.02. The first-order valence-electron chi connectivity index (χ1n) is 7.45. The van der Waals surface area contributed by atoms with Crippen molar-refractivity contribution in [3.05, 3.63) is 65.6 Å². The molecule has 0 radical (unpaired) electrons. The quantitative estimate of drug-likeness (QED) is 0.774. The smallest absolute Gasteiger partial charge is 0.0491 e. The van der Waals surface area contributed by atoms with Gasteiger partial charge in [-0.3, -0.25) is 4.98 Å². The zero-order chi connectivity index (χ0) is 14.7. The number of hydrogen-bond donors (Lipinski definition) is 1. The normalized spacial score (nSPS) is 11.1. The third-order valence-corrected chi connectivity index (χ3v) is 3.70. The average Bonchev–Trinajstić information content (AvgIpc) is 2.87. The highest BCUT2D eigenvalue weighted by Crippen LogP contribution is 2.19. The van der Waals surface area contributed by atoms with E-state index in [1.807, 2.05) is 12.4 Å². The van der Waals surface area contributed by atoms with E-state index in [0.29, 0.717) is 0 Å². The van der Waals surface area contributed by atoms with E-state index in [9.17, 15) is 0 Å². The summed E-state index contributed by atoms with van der Waals surface area (Å²) < 4.78 is 2.28. The highest BCUT2D eigenvalue weighted by Gasteiger charge is 2.03. The number of fused-ring (bicyclic) bond motifs is 1. The Morgan fingerprint density at radius 3 is 2.81 bits per heavy atom. The Hall–Kier alpha value is -2.13. The van der Waals surface area contributed by atoms with Crippen LogP contribution in [0.15, 0.2) is 48.9 Å². The van der Waals surface area contributed by atoms with Gasteiger partial charge in [-0.25, -0.2) is 0 Å². The van der Waals surface area contributed by atoms with E-state index in [-0.39, 0.29) is 0 Å². The van der Waals surface area contributed by atoms with Crippen molar-refractivity contribution in [1.82, 2.24) is 14.9 Å². The van der Waals surface area contributed by atoms with Gasteiger partial charge in [0.15, 0.2) is 0 Å². The molecule has 1 aromatic carbocycles. The van der Waals surface area contributed by atoms with Gasteiger partial charge in [0, 0.05) is 37.2 Å². The van der Waals surface area contributed by atoms with Crippen molar-refractivity contribution in [2.24, 2.45) is 0 Å². The molecule has 2 heterocycles. The van der Waals surface area contributed by atoms with Crippen molar-refractivity contribution >= 4 is 10.9 Å². The number of nitrogens with one attached hydrogen (secondary N) is 1. The Morgan fingerprint density at radius 2 is 2.00 bits per heavy atom. The Balaban J connectivity index is 1.86. The van der Waals surface area contributed by atoms with Crippen LogP contribution in [0.1, 0.15) is 23.6 Å². The molecule has 0 bridgehead atoms. The second-order valence-electron chi connectivity index (χ2n) is 5.49. The second-order valence-corrected chi connectivity index (χ2v) is 5.49. The first-order chi connectivity index (χ1) is 10.3. The number of aromatic nitrogens is 2. The third kappa shape index (κ3) is 3.14. The summed E-state index contributed by atoms with van der Waals surface area (Å²) in [5.74, 6) is 0. The lowest BCUT2D eigenvalue weighted by atomic mass is 10.1. The van der Waals surface area contributed by atoms with Crippen LogP contribution in [0.2, 0.25) is 0 Å². The van der Waals surface area contributed by atoms with Crippen molar-refractivity contribution < 1.29 is 0 Å². The molecule has 0 aliphatic carbocycles. The van der Waals surface area contributed by atoms with Crippen molar-refractivity contribution in [2.75, 3.05) is 6.54 Å². The van der Waals surface area contributed by atoms with Gasteiger partial charge in [-0.2, -0.15) is 0 Å². The van der Waals surface area contributed by atoms with E-state index in [2.05, 4.69) is 65.2 Å². The van der Waals surface area contributed by atoms with Gasteiger partial charge in [-0.1, -0.05) is 19.1 Å². The van der Waals surface area contributed by atoms with Crippen LogP contribution >= 0.6 is 0 Å². The minimum absolute atomic E-state index is 0.866. The van der Waals surface area contributed by atoms with Gasteiger partial charge in [-0.05, 0) is 53.7 Å². The fourth-order valence-electron chi connectivity index (χ4n) is 2.67. The van der Waals surface area contributed by atoms with Crippen LogP contribution in [0.5, 0.6) is 0 Å². The van der Waals surface area contributed by atoms with Crippen LogP contribution in [0.3, 0.4) is 0 Å². The number of pyridine rings is 1. The lowest BCUT2D eigenvalue weighted by Crippen LogP contribution is -2.11. The van der Waals surface area contributed by atoms with E-state index in [1.54, 1.807) is 0 Å². The van der Waals surface area contributed by atoms with Gasteiger partial charge in [0.05, 0.1) is 0 Å². The molecule has 3 aromatic rings. The fraction of sp³-hybridized carbons (Fsp3) is 0.278. The minimum Gasteiger partial charge on any atom is -0.343 e. The summed E-state index contributed by atoms with van der Waals surface area (Å²) in [5, 5.41) is 4.66. The van der Waals surface area contributed by atoms with E-state index in [1.165, 1.54) is 27.6 Å². The maximum Gasteiger partial charge on any atom is 0.0491 e. The summed E-state index contributed by atoms with van der Waals surface area (Å²) >= 11 is 0. The van der Waals surface area contributed by atoms with E-state index < -0.39 is 0 Å². The molecule has 3 rings (SSSR count). The van der Waals surface area contributed by atoms with Crippen molar-refractivity contribution in [3.63, 3.8) is 0 Å². The molecular weight excluding hydrogens is 258 g/mol. The van der Waals surface area contributed by atoms with Crippen molar-refractivity contribution in [3.8, 4) is 0 Å². The summed E-state index contributed by atoms with van der Waals surface area (Å²) in [6, 6.07) is 11.1. The summed E-state index contributed by atoms with van der Waals surface area (Å²) in [5.41, 5.74) is 5.05. The van der Waals surface area contributed by atoms with Crippen molar-refractivity contribution in [2.45, 2.75) is 26.9 Å². The minimum atomic E-state index is 0.866. The van der Waals surface area contributed by atoms with Crippen LogP contribution < -0.4 is 5.32 Å². The molecule has 1 N–H and O–H groups in total. The molecule has 0 aliphatic heterocycles. The number of nitrogens with zero attached hydrogens (tertiary/aromatic N) is 2. The summed E-state index contributed by atoms with van der Waals surface area (Å²) in [6.45, 7) is 7.01. The molecule has 0 saturated heterocycles. The standard InChI is InChI=1S/C18H21N3/c1-3-19-11-15-4-5-18-17(9-15)6-7-21(18)13-16-8-14(2)10-20-12-16/h4-10,12,19H,3,11,13H2,1-2H3. The molecule has 0 spiro atoms. The zero-order valence-electron chi connectivity index (χ0n) is 12.6. The molecule has 3 heteroatoms. The van der Waals surface area contributed by atoms with Gasteiger partial charge >= 0.3 is 0 Å². The second kappa shape index (κ2) is 6.10. The van der Waals surface area contributed by atoms with Crippen LogP contribution in [0, 0.1) is 6.92 Å². The Bertz CT molecular complexity index is 743. The predicted molar refractivity (Wildman–Crippen MR) is 87.4 cm³/mol. The summed E-state index contributed by atoms with van der Waals surface area (Å²) in [7, 11) is 0. The molecule has 0 saturated carbocycles. The number of benzene rings is 1. The SMILES string of the molecule is CCNCc1ccc2c(ccn2Cc2cncc(C)c2)c1. The number of hydrogen-bond acceptors (Lipinski definition) is 2. The largest absolute Gasteiger partial charge is 0.343 e. The molecule has 21 heavy (non-hydrogen) atoms. The maximum absolute atomic E-state index is 4.27. The first kappa shape index (κ1) is 13.8. The van der Waals surface area contributed by atoms with E-state index >= 15 is 0 Å². The zero-order valence-corrected chi connectivity index (χ0v) is 12.6. The molecule has 2 aromatic heterocycles. The van der Waals surface area contributed by atoms with Gasteiger partial charge in [0.25, 0.3) is 0 Å². The molecule has 108 valence electrons. The van der Waals surface area contributed by atoms with Gasteiger partial charge in [0.2, 0.25) is 0 Å². The maximum atomic E-state index is 4.27. The number of rotatable bonds is 5. The highest BCUT2D eigenvalue weighted by molar-refractivity contribution is 5.81. The third-order valence-electron chi connectivity index (χ3n) is 3.70. The van der Waals surface area contributed by atoms with Crippen LogP contribution in [-0.2, 0) is 13.1 Å². The molecule has 0 aliphatic rings. The molecule has 0 unspecified atom stereocenters. The van der Waals surface area contributed by atoms with Gasteiger partial charge in [0.1, 0.15) is 0 Å². The molecule has 0 amide bonds. The monoisotopic (exact) mass is 279 g/mol. The first-order valence-corrected chi connectivity index (χ1v) is 7.45. The Labute approximate surface area is 125 Å². The summed E-state index contributed by atoms with van der Waals surface area (Å²) in [4.78, 5) is 4.27. The van der Waals surface area contributed by atoms with Crippen LogP contribution in [0.25, 0.3) is 10.9 Å². The predicted octanol–water partition coefficient (Wildman–Crippen LogP) is 3.50. The summed E-state index contributed by atoms with van der Waals surface area (Å²) in [6.07, 6.45) is 5.99. The van der Waals surface area contributed by atoms with Gasteiger partial charge < -0.3 is 9.88 Å². The van der Waals surface area contributed by atoms with Crippen LogP contribution in [0.4, 0.5) is 0 Å². The molecule has 0 fully saturated rings. The fourth-order valence-corrected chi connectivity index (χ4v) is 2.67. The Morgan fingerprint density at radius 1 is 1.10 bits per heavy atom. The number of aryl methyl sites for hydroxylation is 1. The molecule has 0 atom stereocenters. The average molecular weight is 279 g/mol. The van der Waals surface area contributed by atoms with E-state index in [0.717, 1.165) is 19.6 Å². The highest BCUT2D eigenvalue weighted by atomic mass is 15.0. The topological polar surface area (TPSA) is 29.9 Å².